The van der Waals surface area contributed by atoms with Crippen LogP contribution in [0.2, 0.25) is 0 Å². The van der Waals surface area contributed by atoms with Crippen molar-refractivity contribution in [2.24, 2.45) is 5.14 Å². The molecular formula is C16H20N4O3S. The summed E-state index contributed by atoms with van der Waals surface area (Å²) in [6, 6.07) is 7.62. The van der Waals surface area contributed by atoms with Crippen LogP contribution in [-0.4, -0.2) is 50.5 Å². The van der Waals surface area contributed by atoms with Crippen molar-refractivity contribution < 1.29 is 12.6 Å². The summed E-state index contributed by atoms with van der Waals surface area (Å²) in [4.78, 5) is 9.38. The van der Waals surface area contributed by atoms with Gasteiger partial charge in [-0.25, -0.2) is 4.98 Å². The normalized spacial score (nSPS) is 21.9. The zero-order valence-electron chi connectivity index (χ0n) is 13.3. The number of nitrogens with zero attached hydrogens (tertiary/aromatic N) is 3. The van der Waals surface area contributed by atoms with Gasteiger partial charge in [-0.2, -0.15) is 13.6 Å². The van der Waals surface area contributed by atoms with E-state index in [4.69, 9.17) is 9.32 Å². The molecule has 3 heterocycles. The van der Waals surface area contributed by atoms with Gasteiger partial charge in [-0.1, -0.05) is 6.07 Å². The number of nitrogens with two attached hydrogens (primary N) is 1. The van der Waals surface area contributed by atoms with Crippen LogP contribution < -0.4 is 14.2 Å². The molecule has 1 aromatic carbocycles. The summed E-state index contributed by atoms with van der Waals surface area (Å²) in [5, 5.41) is 6.84. The van der Waals surface area contributed by atoms with Gasteiger partial charge in [0.05, 0.1) is 0 Å². The highest BCUT2D eigenvalue weighted by molar-refractivity contribution is 7.84. The topological polar surface area (TPSA) is 88.8 Å². The summed E-state index contributed by atoms with van der Waals surface area (Å²) in [5.74, 6) is 1.08. The van der Waals surface area contributed by atoms with Crippen molar-refractivity contribution in [1.29, 1.82) is 0 Å². The van der Waals surface area contributed by atoms with Crippen molar-refractivity contribution >= 4 is 26.9 Å². The highest BCUT2D eigenvalue weighted by atomic mass is 32.2. The Morgan fingerprint density at radius 2 is 2.08 bits per heavy atom. The van der Waals surface area contributed by atoms with Gasteiger partial charge < -0.3 is 9.08 Å². The summed E-state index contributed by atoms with van der Waals surface area (Å²) in [7, 11) is -4.04. The smallest absolute Gasteiger partial charge is 0.371 e. The lowest BCUT2D eigenvalue weighted by atomic mass is 10.1. The van der Waals surface area contributed by atoms with E-state index in [1.165, 1.54) is 19.4 Å². The maximum absolute atomic E-state index is 11.2. The molecular weight excluding hydrogens is 328 g/mol. The minimum absolute atomic E-state index is 0.207. The van der Waals surface area contributed by atoms with Crippen molar-refractivity contribution in [3.05, 3.63) is 30.5 Å². The molecule has 4 rings (SSSR count). The van der Waals surface area contributed by atoms with Gasteiger partial charge in [-0.3, -0.25) is 4.90 Å². The fourth-order valence-corrected chi connectivity index (χ4v) is 4.13. The van der Waals surface area contributed by atoms with E-state index in [9.17, 15) is 8.42 Å². The summed E-state index contributed by atoms with van der Waals surface area (Å²) < 4.78 is 27.2. The Morgan fingerprint density at radius 1 is 1.21 bits per heavy atom. The molecule has 8 heteroatoms. The fraction of sp³-hybridized carbons (Fsp3) is 0.438. The highest BCUT2D eigenvalue weighted by Crippen LogP contribution is 2.31. The molecule has 0 saturated carbocycles. The number of hydrogen-bond acceptors (Lipinski definition) is 6. The SMILES string of the molecule is NS(=O)(=O)Oc1ccc2ccnc(N3CCN4CCC[C@H]4C3)c2c1. The molecule has 2 saturated heterocycles. The Hall–Kier alpha value is -1.90. The predicted octanol–water partition coefficient (Wildman–Crippen LogP) is 1.10. The van der Waals surface area contributed by atoms with Gasteiger partial charge in [0.25, 0.3) is 0 Å². The van der Waals surface area contributed by atoms with Crippen LogP contribution in [0, 0.1) is 0 Å². The molecule has 24 heavy (non-hydrogen) atoms. The second-order valence-corrected chi connectivity index (χ2v) is 7.52. The van der Waals surface area contributed by atoms with Gasteiger partial charge in [0.2, 0.25) is 0 Å². The van der Waals surface area contributed by atoms with Crippen molar-refractivity contribution in [3.63, 3.8) is 0 Å². The maximum Gasteiger partial charge on any atom is 0.380 e. The van der Waals surface area contributed by atoms with E-state index >= 15 is 0 Å². The van der Waals surface area contributed by atoms with Crippen LogP contribution in [0.4, 0.5) is 5.82 Å². The van der Waals surface area contributed by atoms with Crippen LogP contribution in [0.1, 0.15) is 12.8 Å². The second-order valence-electron chi connectivity index (χ2n) is 6.37. The first kappa shape index (κ1) is 15.6. The number of fused-ring (bicyclic) bond motifs is 2. The van der Waals surface area contributed by atoms with E-state index in [1.54, 1.807) is 18.3 Å². The first-order valence-electron chi connectivity index (χ1n) is 8.09. The monoisotopic (exact) mass is 348 g/mol. The lowest BCUT2D eigenvalue weighted by Crippen LogP contribution is -2.50. The molecule has 1 atom stereocenters. The number of piperazine rings is 1. The molecule has 1 aromatic heterocycles. The summed E-state index contributed by atoms with van der Waals surface area (Å²) in [6.07, 6.45) is 4.27. The first-order chi connectivity index (χ1) is 11.5. The number of hydrogen-bond donors (Lipinski definition) is 1. The summed E-state index contributed by atoms with van der Waals surface area (Å²) in [5.41, 5.74) is 0. The molecule has 0 amide bonds. The van der Waals surface area contributed by atoms with Gasteiger partial charge >= 0.3 is 10.3 Å². The first-order valence-corrected chi connectivity index (χ1v) is 9.57. The standard InChI is InChI=1S/C16H20N4O3S/c17-24(21,22)23-14-4-3-12-5-6-18-16(15(12)10-14)20-9-8-19-7-1-2-13(19)11-20/h3-6,10,13H,1-2,7-9,11H2,(H2,17,21,22)/t13-/m0/s1. The summed E-state index contributed by atoms with van der Waals surface area (Å²) in [6.45, 7) is 4.10. The molecule has 2 fully saturated rings. The van der Waals surface area contributed by atoms with Crippen molar-refractivity contribution in [2.75, 3.05) is 31.1 Å². The third-order valence-electron chi connectivity index (χ3n) is 4.82. The Morgan fingerprint density at radius 3 is 2.92 bits per heavy atom. The van der Waals surface area contributed by atoms with E-state index in [-0.39, 0.29) is 5.75 Å². The van der Waals surface area contributed by atoms with Crippen LogP contribution in [0.15, 0.2) is 30.5 Å². The van der Waals surface area contributed by atoms with Crippen LogP contribution in [-0.2, 0) is 10.3 Å². The minimum atomic E-state index is -4.04. The molecule has 0 spiro atoms. The molecule has 7 nitrogen and oxygen atoms in total. The molecule has 2 aliphatic heterocycles. The van der Waals surface area contributed by atoms with E-state index in [2.05, 4.69) is 14.8 Å². The van der Waals surface area contributed by atoms with Crippen LogP contribution in [0.25, 0.3) is 10.8 Å². The largest absolute Gasteiger partial charge is 0.380 e. The number of aromatic nitrogens is 1. The second kappa shape index (κ2) is 5.87. The highest BCUT2D eigenvalue weighted by Gasteiger charge is 2.31. The molecule has 0 radical (unpaired) electrons. The molecule has 0 unspecified atom stereocenters. The van der Waals surface area contributed by atoms with Gasteiger partial charge in [0.15, 0.2) is 0 Å². The molecule has 2 aliphatic rings. The van der Waals surface area contributed by atoms with Gasteiger partial charge in [0.1, 0.15) is 11.6 Å². The van der Waals surface area contributed by atoms with Gasteiger partial charge in [-0.15, -0.1) is 0 Å². The minimum Gasteiger partial charge on any atom is -0.371 e. The van der Waals surface area contributed by atoms with Crippen molar-refractivity contribution in [2.45, 2.75) is 18.9 Å². The van der Waals surface area contributed by atoms with E-state index in [0.717, 1.165) is 36.2 Å². The zero-order chi connectivity index (χ0) is 16.7. The lowest BCUT2D eigenvalue weighted by Gasteiger charge is -2.38. The van der Waals surface area contributed by atoms with E-state index < -0.39 is 10.3 Å². The maximum atomic E-state index is 11.2. The molecule has 2 aromatic rings. The third-order valence-corrected chi connectivity index (χ3v) is 5.24. The quantitative estimate of drug-likeness (QED) is 0.894. The third kappa shape index (κ3) is 3.04. The zero-order valence-corrected chi connectivity index (χ0v) is 14.1. The molecule has 128 valence electrons. The molecule has 0 aliphatic carbocycles. The molecule has 2 N–H and O–H groups in total. The lowest BCUT2D eigenvalue weighted by molar-refractivity contribution is 0.230. The number of benzene rings is 1. The Balaban J connectivity index is 1.70. The van der Waals surface area contributed by atoms with Crippen LogP contribution in [0.3, 0.4) is 0 Å². The molecule has 0 bridgehead atoms. The number of anilines is 1. The summed E-state index contributed by atoms with van der Waals surface area (Å²) >= 11 is 0. The fourth-order valence-electron chi connectivity index (χ4n) is 3.75. The predicted molar refractivity (Wildman–Crippen MR) is 92.3 cm³/mol. The average Bonchev–Trinajstić information content (AvgIpc) is 3.00. The van der Waals surface area contributed by atoms with Crippen LogP contribution in [0.5, 0.6) is 5.75 Å². The van der Waals surface area contributed by atoms with Crippen molar-refractivity contribution in [1.82, 2.24) is 9.88 Å². The average molecular weight is 348 g/mol. The number of rotatable bonds is 3. The Kier molecular flexibility index (Phi) is 3.82. The van der Waals surface area contributed by atoms with Crippen molar-refractivity contribution in [3.8, 4) is 5.75 Å². The van der Waals surface area contributed by atoms with Crippen LogP contribution >= 0.6 is 0 Å². The van der Waals surface area contributed by atoms with Gasteiger partial charge in [0, 0.05) is 37.3 Å². The Labute approximate surface area is 141 Å². The van der Waals surface area contributed by atoms with E-state index in [0.29, 0.717) is 6.04 Å². The van der Waals surface area contributed by atoms with Gasteiger partial charge in [-0.05, 0) is 43.0 Å². The van der Waals surface area contributed by atoms with E-state index in [1.807, 2.05) is 12.1 Å². The number of pyridine rings is 1. The Bertz CT molecular complexity index is 871.